The Balaban J connectivity index is 1.72. The number of nitrogens with one attached hydrogen (secondary N) is 3. The van der Waals surface area contributed by atoms with E-state index in [1.165, 1.54) is 24.3 Å². The van der Waals surface area contributed by atoms with E-state index in [4.69, 9.17) is 0 Å². The minimum absolute atomic E-state index is 0.169. The highest BCUT2D eigenvalue weighted by atomic mass is 19.1. The summed E-state index contributed by atoms with van der Waals surface area (Å²) in [7, 11) is 0. The topological polar surface area (TPSA) is 91.1 Å². The number of rotatable bonds is 7. The second kappa shape index (κ2) is 8.94. The highest BCUT2D eigenvalue weighted by Crippen LogP contribution is 2.04. The summed E-state index contributed by atoms with van der Waals surface area (Å²) in [6.07, 6.45) is 0.689. The van der Waals surface area contributed by atoms with Gasteiger partial charge in [0.1, 0.15) is 5.82 Å². The standard InChI is InChI=1S/C19H22FN3O3/c1-12-10-13(2)23-19(26)16(12)11-22-17(24)4-3-9-21-18(25)14-5-7-15(20)8-6-14/h5-8,10H,3-4,9,11H2,1-2H3,(H,21,25)(H,22,24)(H,23,26). The van der Waals surface area contributed by atoms with Gasteiger partial charge >= 0.3 is 0 Å². The van der Waals surface area contributed by atoms with Crippen molar-refractivity contribution in [3.8, 4) is 0 Å². The summed E-state index contributed by atoms with van der Waals surface area (Å²) in [6, 6.07) is 7.10. The fourth-order valence-electron chi connectivity index (χ4n) is 2.53. The maximum Gasteiger partial charge on any atom is 0.253 e. The van der Waals surface area contributed by atoms with E-state index in [1.807, 2.05) is 13.0 Å². The van der Waals surface area contributed by atoms with Gasteiger partial charge in [-0.1, -0.05) is 0 Å². The van der Waals surface area contributed by atoms with E-state index < -0.39 is 5.82 Å². The molecule has 0 aliphatic rings. The number of halogens is 1. The van der Waals surface area contributed by atoms with Gasteiger partial charge in [0.25, 0.3) is 11.5 Å². The first-order chi connectivity index (χ1) is 12.4. The van der Waals surface area contributed by atoms with E-state index in [9.17, 15) is 18.8 Å². The van der Waals surface area contributed by atoms with Crippen LogP contribution < -0.4 is 16.2 Å². The molecule has 0 bridgehead atoms. The van der Waals surface area contributed by atoms with E-state index in [0.29, 0.717) is 24.1 Å². The van der Waals surface area contributed by atoms with Gasteiger partial charge in [-0.15, -0.1) is 0 Å². The molecule has 1 aromatic heterocycles. The molecule has 0 aliphatic heterocycles. The summed E-state index contributed by atoms with van der Waals surface area (Å²) in [4.78, 5) is 38.3. The molecule has 2 amide bonds. The minimum atomic E-state index is -0.402. The van der Waals surface area contributed by atoms with Gasteiger partial charge < -0.3 is 15.6 Å². The summed E-state index contributed by atoms with van der Waals surface area (Å²) < 4.78 is 12.8. The van der Waals surface area contributed by atoms with Crippen molar-refractivity contribution >= 4 is 11.8 Å². The van der Waals surface area contributed by atoms with Crippen molar-refractivity contribution in [1.29, 1.82) is 0 Å². The first kappa shape index (κ1) is 19.4. The minimum Gasteiger partial charge on any atom is -0.352 e. The Morgan fingerprint density at radius 1 is 1.12 bits per heavy atom. The van der Waals surface area contributed by atoms with Gasteiger partial charge in [0.2, 0.25) is 5.91 Å². The molecule has 0 spiro atoms. The Labute approximate surface area is 150 Å². The molecule has 0 aliphatic carbocycles. The van der Waals surface area contributed by atoms with Gasteiger partial charge in [-0.05, 0) is 56.2 Å². The second-order valence-electron chi connectivity index (χ2n) is 6.09. The molecular formula is C19H22FN3O3. The van der Waals surface area contributed by atoms with Crippen molar-refractivity contribution in [2.75, 3.05) is 6.54 Å². The lowest BCUT2D eigenvalue weighted by atomic mass is 10.1. The van der Waals surface area contributed by atoms with Crippen LogP contribution in [0.2, 0.25) is 0 Å². The van der Waals surface area contributed by atoms with Crippen LogP contribution in [0.4, 0.5) is 4.39 Å². The normalized spacial score (nSPS) is 10.4. The molecular weight excluding hydrogens is 337 g/mol. The Morgan fingerprint density at radius 3 is 2.46 bits per heavy atom. The number of benzene rings is 1. The average molecular weight is 359 g/mol. The summed E-state index contributed by atoms with van der Waals surface area (Å²) >= 11 is 0. The fraction of sp³-hybridized carbons (Fsp3) is 0.316. The van der Waals surface area contributed by atoms with Crippen LogP contribution >= 0.6 is 0 Å². The summed E-state index contributed by atoms with van der Waals surface area (Å²) in [5, 5.41) is 5.39. The van der Waals surface area contributed by atoms with Crippen LogP contribution in [-0.2, 0) is 11.3 Å². The smallest absolute Gasteiger partial charge is 0.253 e. The van der Waals surface area contributed by atoms with Crippen LogP contribution in [0.5, 0.6) is 0 Å². The van der Waals surface area contributed by atoms with Crippen molar-refractivity contribution in [2.24, 2.45) is 0 Å². The Kier molecular flexibility index (Phi) is 6.66. The molecule has 1 aromatic carbocycles. The molecule has 2 rings (SSSR count). The molecule has 7 heteroatoms. The second-order valence-corrected chi connectivity index (χ2v) is 6.09. The quantitative estimate of drug-likeness (QED) is 0.660. The lowest BCUT2D eigenvalue weighted by Gasteiger charge is -2.09. The van der Waals surface area contributed by atoms with Crippen molar-refractivity contribution in [2.45, 2.75) is 33.2 Å². The third kappa shape index (κ3) is 5.54. The van der Waals surface area contributed by atoms with Gasteiger partial charge in [0.05, 0.1) is 0 Å². The summed E-state index contributed by atoms with van der Waals surface area (Å²) in [5.41, 5.74) is 2.31. The van der Waals surface area contributed by atoms with Crippen molar-refractivity contribution < 1.29 is 14.0 Å². The number of aromatic amines is 1. The number of carbonyl (C=O) groups excluding carboxylic acids is 2. The first-order valence-corrected chi connectivity index (χ1v) is 8.36. The van der Waals surface area contributed by atoms with E-state index >= 15 is 0 Å². The Morgan fingerprint density at radius 2 is 1.81 bits per heavy atom. The van der Waals surface area contributed by atoms with Crippen molar-refractivity contribution in [1.82, 2.24) is 15.6 Å². The van der Waals surface area contributed by atoms with Crippen molar-refractivity contribution in [3.05, 3.63) is 68.9 Å². The van der Waals surface area contributed by atoms with Crippen LogP contribution in [0.25, 0.3) is 0 Å². The van der Waals surface area contributed by atoms with Crippen LogP contribution in [0.3, 0.4) is 0 Å². The predicted octanol–water partition coefficient (Wildman–Crippen LogP) is 1.96. The van der Waals surface area contributed by atoms with Gasteiger partial charge in [-0.3, -0.25) is 14.4 Å². The predicted molar refractivity (Wildman–Crippen MR) is 96.4 cm³/mol. The van der Waals surface area contributed by atoms with E-state index in [2.05, 4.69) is 15.6 Å². The monoisotopic (exact) mass is 359 g/mol. The lowest BCUT2D eigenvalue weighted by Crippen LogP contribution is -2.29. The van der Waals surface area contributed by atoms with Gasteiger partial charge in [-0.2, -0.15) is 0 Å². The highest BCUT2D eigenvalue weighted by Gasteiger charge is 2.08. The highest BCUT2D eigenvalue weighted by molar-refractivity contribution is 5.94. The number of aryl methyl sites for hydroxylation is 2. The first-order valence-electron chi connectivity index (χ1n) is 8.36. The third-order valence-electron chi connectivity index (χ3n) is 3.93. The lowest BCUT2D eigenvalue weighted by molar-refractivity contribution is -0.121. The Hall–Kier alpha value is -2.96. The Bertz CT molecular complexity index is 844. The molecule has 0 saturated heterocycles. The van der Waals surface area contributed by atoms with E-state index in [0.717, 1.165) is 11.3 Å². The summed E-state index contributed by atoms with van der Waals surface area (Å²) in [5.74, 6) is -0.909. The number of hydrogen-bond donors (Lipinski definition) is 3. The largest absolute Gasteiger partial charge is 0.352 e. The average Bonchev–Trinajstić information content (AvgIpc) is 2.58. The van der Waals surface area contributed by atoms with Crippen LogP contribution in [-0.4, -0.2) is 23.3 Å². The molecule has 1 heterocycles. The van der Waals surface area contributed by atoms with Gasteiger partial charge in [0, 0.05) is 36.3 Å². The van der Waals surface area contributed by atoms with Crippen LogP contribution in [0.1, 0.15) is 40.0 Å². The van der Waals surface area contributed by atoms with Crippen LogP contribution in [0.15, 0.2) is 35.1 Å². The molecule has 3 N–H and O–H groups in total. The zero-order valence-electron chi connectivity index (χ0n) is 14.8. The number of amides is 2. The van der Waals surface area contributed by atoms with Crippen molar-refractivity contribution in [3.63, 3.8) is 0 Å². The molecule has 0 unspecified atom stereocenters. The zero-order chi connectivity index (χ0) is 19.1. The molecule has 0 fully saturated rings. The van der Waals surface area contributed by atoms with Crippen LogP contribution in [0, 0.1) is 19.7 Å². The number of pyridine rings is 1. The van der Waals surface area contributed by atoms with E-state index in [1.54, 1.807) is 6.92 Å². The molecule has 138 valence electrons. The fourth-order valence-corrected chi connectivity index (χ4v) is 2.53. The maximum absolute atomic E-state index is 12.8. The molecule has 0 saturated carbocycles. The maximum atomic E-state index is 12.8. The molecule has 0 atom stereocenters. The zero-order valence-corrected chi connectivity index (χ0v) is 14.8. The SMILES string of the molecule is Cc1cc(C)c(CNC(=O)CCCNC(=O)c2ccc(F)cc2)c(=O)[nH]1. The third-order valence-corrected chi connectivity index (χ3v) is 3.93. The molecule has 0 radical (unpaired) electrons. The molecule has 6 nitrogen and oxygen atoms in total. The number of hydrogen-bond acceptors (Lipinski definition) is 3. The van der Waals surface area contributed by atoms with Gasteiger partial charge in [0.15, 0.2) is 0 Å². The summed E-state index contributed by atoms with van der Waals surface area (Å²) in [6.45, 7) is 4.13. The molecule has 26 heavy (non-hydrogen) atoms. The number of aromatic nitrogens is 1. The van der Waals surface area contributed by atoms with Gasteiger partial charge in [-0.25, -0.2) is 4.39 Å². The van der Waals surface area contributed by atoms with E-state index in [-0.39, 0.29) is 30.3 Å². The number of H-pyrrole nitrogens is 1. The number of carbonyl (C=O) groups is 2. The molecule has 2 aromatic rings.